The van der Waals surface area contributed by atoms with Crippen LogP contribution >= 0.6 is 23.5 Å². The SMILES string of the molecule is COc1ccc(SCC(=O)Nc2ccccc2Sc2ccccc2)cc1. The second-order valence-electron chi connectivity index (χ2n) is 5.42. The Bertz CT molecular complexity index is 851. The molecule has 0 aliphatic heterocycles. The Balaban J connectivity index is 1.60. The van der Waals surface area contributed by atoms with Crippen molar-refractivity contribution in [3.8, 4) is 5.75 Å². The largest absolute Gasteiger partial charge is 0.497 e. The summed E-state index contributed by atoms with van der Waals surface area (Å²) in [6.45, 7) is 0. The van der Waals surface area contributed by atoms with Crippen LogP contribution < -0.4 is 10.1 Å². The smallest absolute Gasteiger partial charge is 0.234 e. The maximum absolute atomic E-state index is 12.3. The zero-order chi connectivity index (χ0) is 18.2. The Labute approximate surface area is 162 Å². The zero-order valence-corrected chi connectivity index (χ0v) is 16.0. The van der Waals surface area contributed by atoms with Crippen LogP contribution in [0.3, 0.4) is 0 Å². The van der Waals surface area contributed by atoms with Crippen LogP contribution in [0, 0.1) is 0 Å². The van der Waals surface area contributed by atoms with Crippen LogP contribution in [-0.4, -0.2) is 18.8 Å². The first-order valence-corrected chi connectivity index (χ1v) is 9.93. The van der Waals surface area contributed by atoms with Gasteiger partial charge in [-0.05, 0) is 48.5 Å². The summed E-state index contributed by atoms with van der Waals surface area (Å²) in [6, 6.07) is 25.7. The Morgan fingerprint density at radius 3 is 2.31 bits per heavy atom. The lowest BCUT2D eigenvalue weighted by Gasteiger charge is -2.11. The van der Waals surface area contributed by atoms with E-state index in [1.54, 1.807) is 18.9 Å². The van der Waals surface area contributed by atoms with Gasteiger partial charge in [-0.25, -0.2) is 0 Å². The maximum Gasteiger partial charge on any atom is 0.234 e. The summed E-state index contributed by atoms with van der Waals surface area (Å²) in [5, 5.41) is 3.02. The summed E-state index contributed by atoms with van der Waals surface area (Å²) >= 11 is 3.14. The van der Waals surface area contributed by atoms with Crippen molar-refractivity contribution in [2.45, 2.75) is 14.7 Å². The van der Waals surface area contributed by atoms with E-state index in [2.05, 4.69) is 17.4 Å². The van der Waals surface area contributed by atoms with E-state index in [0.717, 1.165) is 26.1 Å². The molecule has 0 bridgehead atoms. The topological polar surface area (TPSA) is 38.3 Å². The minimum Gasteiger partial charge on any atom is -0.497 e. The van der Waals surface area contributed by atoms with E-state index in [4.69, 9.17) is 4.74 Å². The number of amides is 1. The van der Waals surface area contributed by atoms with Crippen molar-refractivity contribution in [1.82, 2.24) is 0 Å². The molecule has 3 aromatic carbocycles. The van der Waals surface area contributed by atoms with Gasteiger partial charge in [0.25, 0.3) is 0 Å². The van der Waals surface area contributed by atoms with Crippen molar-refractivity contribution < 1.29 is 9.53 Å². The summed E-state index contributed by atoms with van der Waals surface area (Å²) in [5.74, 6) is 1.15. The predicted octanol–water partition coefficient (Wildman–Crippen LogP) is 5.58. The van der Waals surface area contributed by atoms with Crippen LogP contribution in [-0.2, 0) is 4.79 Å². The van der Waals surface area contributed by atoms with Gasteiger partial charge in [0.15, 0.2) is 0 Å². The monoisotopic (exact) mass is 381 g/mol. The Morgan fingerprint density at radius 1 is 0.885 bits per heavy atom. The first kappa shape index (κ1) is 18.4. The molecule has 0 radical (unpaired) electrons. The molecule has 0 heterocycles. The lowest BCUT2D eigenvalue weighted by molar-refractivity contribution is -0.113. The highest BCUT2D eigenvalue weighted by Crippen LogP contribution is 2.33. The molecule has 0 atom stereocenters. The normalized spacial score (nSPS) is 10.3. The van der Waals surface area contributed by atoms with Gasteiger partial charge < -0.3 is 10.1 Å². The van der Waals surface area contributed by atoms with Crippen molar-refractivity contribution in [2.75, 3.05) is 18.2 Å². The molecule has 26 heavy (non-hydrogen) atoms. The predicted molar refractivity (Wildman–Crippen MR) is 109 cm³/mol. The number of para-hydroxylation sites is 1. The van der Waals surface area contributed by atoms with Gasteiger partial charge in [0.1, 0.15) is 5.75 Å². The van der Waals surface area contributed by atoms with Crippen molar-refractivity contribution in [3.63, 3.8) is 0 Å². The van der Waals surface area contributed by atoms with Gasteiger partial charge in [-0.2, -0.15) is 0 Å². The fraction of sp³-hybridized carbons (Fsp3) is 0.0952. The molecular formula is C21H19NO2S2. The number of methoxy groups -OCH3 is 1. The molecule has 132 valence electrons. The van der Waals surface area contributed by atoms with Gasteiger partial charge in [-0.15, -0.1) is 11.8 Å². The molecule has 3 nitrogen and oxygen atoms in total. The molecule has 0 saturated heterocycles. The van der Waals surface area contributed by atoms with Gasteiger partial charge in [-0.1, -0.05) is 42.1 Å². The van der Waals surface area contributed by atoms with Crippen LogP contribution in [0.5, 0.6) is 5.75 Å². The first-order valence-electron chi connectivity index (χ1n) is 8.13. The summed E-state index contributed by atoms with van der Waals surface area (Å²) in [5.41, 5.74) is 0.835. The quantitative estimate of drug-likeness (QED) is 0.543. The fourth-order valence-electron chi connectivity index (χ4n) is 2.28. The van der Waals surface area contributed by atoms with Gasteiger partial charge in [0.05, 0.1) is 18.6 Å². The van der Waals surface area contributed by atoms with E-state index in [0.29, 0.717) is 5.75 Å². The highest BCUT2D eigenvalue weighted by atomic mass is 32.2. The van der Waals surface area contributed by atoms with E-state index in [-0.39, 0.29) is 5.91 Å². The van der Waals surface area contributed by atoms with Crippen LogP contribution in [0.4, 0.5) is 5.69 Å². The van der Waals surface area contributed by atoms with Crippen LogP contribution in [0.15, 0.2) is 93.5 Å². The number of benzene rings is 3. The molecule has 0 fully saturated rings. The van der Waals surface area contributed by atoms with E-state index in [1.165, 1.54) is 11.8 Å². The molecule has 0 saturated carbocycles. The van der Waals surface area contributed by atoms with Crippen molar-refractivity contribution in [1.29, 1.82) is 0 Å². The molecule has 0 unspecified atom stereocenters. The molecule has 3 aromatic rings. The van der Waals surface area contributed by atoms with E-state index >= 15 is 0 Å². The zero-order valence-electron chi connectivity index (χ0n) is 14.3. The Morgan fingerprint density at radius 2 is 1.58 bits per heavy atom. The second kappa shape index (κ2) is 9.36. The second-order valence-corrected chi connectivity index (χ2v) is 7.59. The van der Waals surface area contributed by atoms with Crippen molar-refractivity contribution in [2.24, 2.45) is 0 Å². The molecule has 5 heteroatoms. The van der Waals surface area contributed by atoms with Crippen LogP contribution in [0.1, 0.15) is 0 Å². The third-order valence-corrected chi connectivity index (χ3v) is 5.66. The van der Waals surface area contributed by atoms with Gasteiger partial charge in [-0.3, -0.25) is 4.79 Å². The van der Waals surface area contributed by atoms with Gasteiger partial charge in [0.2, 0.25) is 5.91 Å². The summed E-state index contributed by atoms with van der Waals surface area (Å²) < 4.78 is 5.14. The summed E-state index contributed by atoms with van der Waals surface area (Å²) in [6.07, 6.45) is 0. The van der Waals surface area contributed by atoms with Gasteiger partial charge in [0, 0.05) is 14.7 Å². The molecule has 1 amide bonds. The molecule has 0 aliphatic rings. The van der Waals surface area contributed by atoms with Crippen molar-refractivity contribution in [3.05, 3.63) is 78.9 Å². The molecule has 3 rings (SSSR count). The van der Waals surface area contributed by atoms with E-state index < -0.39 is 0 Å². The highest BCUT2D eigenvalue weighted by molar-refractivity contribution is 8.00. The number of carbonyl (C=O) groups excluding carboxylic acids is 1. The van der Waals surface area contributed by atoms with E-state index in [9.17, 15) is 4.79 Å². The van der Waals surface area contributed by atoms with Crippen molar-refractivity contribution >= 4 is 35.1 Å². The molecule has 0 aliphatic carbocycles. The standard InChI is InChI=1S/C21H19NO2S2/c1-24-16-11-13-17(14-12-16)25-15-21(23)22-19-9-5-6-10-20(19)26-18-7-3-2-4-8-18/h2-14H,15H2,1H3,(H,22,23). The third kappa shape index (κ3) is 5.31. The molecular weight excluding hydrogens is 362 g/mol. The third-order valence-electron chi connectivity index (χ3n) is 3.56. The molecule has 0 aromatic heterocycles. The number of anilines is 1. The number of thioether (sulfide) groups is 1. The molecule has 0 spiro atoms. The minimum atomic E-state index is -0.0214. The maximum atomic E-state index is 12.3. The van der Waals surface area contributed by atoms with Crippen LogP contribution in [0.2, 0.25) is 0 Å². The first-order chi connectivity index (χ1) is 12.7. The number of carbonyl (C=O) groups is 1. The number of hydrogen-bond acceptors (Lipinski definition) is 4. The summed E-state index contributed by atoms with van der Waals surface area (Å²) in [7, 11) is 1.64. The highest BCUT2D eigenvalue weighted by Gasteiger charge is 2.08. The summed E-state index contributed by atoms with van der Waals surface area (Å²) in [4.78, 5) is 15.6. The Hall–Kier alpha value is -2.37. The van der Waals surface area contributed by atoms with Crippen LogP contribution in [0.25, 0.3) is 0 Å². The lowest BCUT2D eigenvalue weighted by atomic mass is 10.3. The number of nitrogens with one attached hydrogen (secondary N) is 1. The fourth-order valence-corrected chi connectivity index (χ4v) is 3.90. The average Bonchev–Trinajstić information content (AvgIpc) is 2.69. The number of rotatable bonds is 7. The number of ether oxygens (including phenoxy) is 1. The average molecular weight is 382 g/mol. The lowest BCUT2D eigenvalue weighted by Crippen LogP contribution is -2.14. The van der Waals surface area contributed by atoms with E-state index in [1.807, 2.05) is 66.7 Å². The Kier molecular flexibility index (Phi) is 6.63. The number of hydrogen-bond donors (Lipinski definition) is 1. The molecule has 1 N–H and O–H groups in total. The van der Waals surface area contributed by atoms with Gasteiger partial charge >= 0.3 is 0 Å². The minimum absolute atomic E-state index is 0.0214.